The lowest BCUT2D eigenvalue weighted by atomic mass is 10.2. The summed E-state index contributed by atoms with van der Waals surface area (Å²) in [7, 11) is 0. The van der Waals surface area contributed by atoms with E-state index in [2.05, 4.69) is 20.7 Å². The van der Waals surface area contributed by atoms with Gasteiger partial charge in [0.2, 0.25) is 5.91 Å². The summed E-state index contributed by atoms with van der Waals surface area (Å²) in [4.78, 5) is 40.2. The highest BCUT2D eigenvalue weighted by Crippen LogP contribution is 2.30. The Hall–Kier alpha value is -3.72. The molecule has 10 heteroatoms. The molecule has 0 aliphatic heterocycles. The van der Waals surface area contributed by atoms with Crippen molar-refractivity contribution in [3.05, 3.63) is 65.7 Å². The molecule has 1 aromatic heterocycles. The molecule has 2 aromatic carbocycles. The molecule has 0 spiro atoms. The molecule has 3 aromatic rings. The molecule has 1 aliphatic carbocycles. The first-order valence-corrected chi connectivity index (χ1v) is 9.90. The van der Waals surface area contributed by atoms with Crippen LogP contribution in [-0.2, 0) is 14.3 Å². The number of halogens is 1. The van der Waals surface area contributed by atoms with Crippen LogP contribution in [0.2, 0.25) is 5.02 Å². The lowest BCUT2D eigenvalue weighted by Crippen LogP contribution is -2.22. The highest BCUT2D eigenvalue weighted by molar-refractivity contribution is 6.31. The van der Waals surface area contributed by atoms with Gasteiger partial charge < -0.3 is 15.4 Å². The Morgan fingerprint density at radius 3 is 2.55 bits per heavy atom. The molecule has 0 atom stereocenters. The first-order valence-electron chi connectivity index (χ1n) is 9.52. The third kappa shape index (κ3) is 5.26. The molecule has 31 heavy (non-hydrogen) atoms. The van der Waals surface area contributed by atoms with Crippen molar-refractivity contribution < 1.29 is 19.1 Å². The van der Waals surface area contributed by atoms with Crippen molar-refractivity contribution in [2.75, 3.05) is 17.2 Å². The summed E-state index contributed by atoms with van der Waals surface area (Å²) in [5, 5.41) is 9.91. The minimum absolute atomic E-state index is 0.0155. The van der Waals surface area contributed by atoms with Gasteiger partial charge in [-0.2, -0.15) is 5.10 Å². The third-order valence-corrected chi connectivity index (χ3v) is 4.80. The van der Waals surface area contributed by atoms with E-state index < -0.39 is 18.5 Å². The lowest BCUT2D eigenvalue weighted by molar-refractivity contribution is -0.119. The maximum atomic E-state index is 12.3. The van der Waals surface area contributed by atoms with Crippen molar-refractivity contribution >= 4 is 40.8 Å². The van der Waals surface area contributed by atoms with E-state index in [9.17, 15) is 14.4 Å². The summed E-state index contributed by atoms with van der Waals surface area (Å²) in [5.41, 5.74) is 1.83. The Labute approximate surface area is 182 Å². The zero-order valence-corrected chi connectivity index (χ0v) is 17.0. The molecule has 1 saturated carbocycles. The van der Waals surface area contributed by atoms with Crippen molar-refractivity contribution in [1.82, 2.24) is 14.8 Å². The van der Waals surface area contributed by atoms with Crippen LogP contribution in [0.25, 0.3) is 5.69 Å². The number of amides is 2. The van der Waals surface area contributed by atoms with Crippen LogP contribution in [0.1, 0.15) is 23.2 Å². The number of benzene rings is 2. The summed E-state index contributed by atoms with van der Waals surface area (Å²) < 4.78 is 6.56. The van der Waals surface area contributed by atoms with Crippen molar-refractivity contribution in [1.29, 1.82) is 0 Å². The topological polar surface area (TPSA) is 115 Å². The number of hydrogen-bond donors (Lipinski definition) is 2. The van der Waals surface area contributed by atoms with Crippen molar-refractivity contribution in [3.63, 3.8) is 0 Å². The number of anilines is 2. The van der Waals surface area contributed by atoms with Crippen molar-refractivity contribution in [2.24, 2.45) is 5.92 Å². The second-order valence-electron chi connectivity index (χ2n) is 6.97. The number of rotatable bonds is 7. The van der Waals surface area contributed by atoms with Gasteiger partial charge in [0, 0.05) is 16.6 Å². The van der Waals surface area contributed by atoms with Crippen molar-refractivity contribution in [3.8, 4) is 5.69 Å². The minimum atomic E-state index is -0.655. The average Bonchev–Trinajstić information content (AvgIpc) is 3.48. The molecule has 0 saturated heterocycles. The van der Waals surface area contributed by atoms with E-state index in [1.807, 2.05) is 0 Å². The summed E-state index contributed by atoms with van der Waals surface area (Å²) in [6.07, 6.45) is 4.67. The molecular formula is C21H18ClN5O4. The third-order valence-electron chi connectivity index (χ3n) is 4.57. The summed E-state index contributed by atoms with van der Waals surface area (Å²) in [5.74, 6) is -1.12. The van der Waals surface area contributed by atoms with E-state index in [4.69, 9.17) is 16.3 Å². The fourth-order valence-corrected chi connectivity index (χ4v) is 2.99. The van der Waals surface area contributed by atoms with Gasteiger partial charge in [-0.1, -0.05) is 11.6 Å². The van der Waals surface area contributed by atoms with Crippen LogP contribution in [0.5, 0.6) is 0 Å². The molecule has 9 nitrogen and oxygen atoms in total. The van der Waals surface area contributed by atoms with Gasteiger partial charge >= 0.3 is 5.97 Å². The highest BCUT2D eigenvalue weighted by Gasteiger charge is 2.29. The molecule has 2 amide bonds. The van der Waals surface area contributed by atoms with Gasteiger partial charge in [-0.25, -0.2) is 14.5 Å². The number of carbonyl (C=O) groups is 3. The minimum Gasteiger partial charge on any atom is -0.452 e. The van der Waals surface area contributed by atoms with E-state index in [0.717, 1.165) is 12.8 Å². The largest absolute Gasteiger partial charge is 0.452 e. The molecule has 0 bridgehead atoms. The van der Waals surface area contributed by atoms with Gasteiger partial charge in [0.05, 0.1) is 16.9 Å². The van der Waals surface area contributed by atoms with Gasteiger partial charge in [-0.15, -0.1) is 0 Å². The SMILES string of the molecule is O=C(COC(=O)c1ccc(NC(=O)C2CC2)cc1)Nc1cc(Cl)ccc1-n1cncn1. The van der Waals surface area contributed by atoms with Crippen LogP contribution in [0.4, 0.5) is 11.4 Å². The number of nitrogens with zero attached hydrogens (tertiary/aromatic N) is 3. The van der Waals surface area contributed by atoms with Crippen LogP contribution in [0.15, 0.2) is 55.1 Å². The standard InChI is InChI=1S/C21H18ClN5O4/c22-15-5-8-18(27-12-23-11-24-27)17(9-15)26-19(28)10-31-21(30)14-3-6-16(7-4-14)25-20(29)13-1-2-13/h3-9,11-13H,1-2,10H2,(H,25,29)(H,26,28). The van der Waals surface area contributed by atoms with Crippen LogP contribution in [-0.4, -0.2) is 39.2 Å². The first-order chi connectivity index (χ1) is 15.0. The van der Waals surface area contributed by atoms with Crippen LogP contribution >= 0.6 is 11.6 Å². The molecule has 1 fully saturated rings. The monoisotopic (exact) mass is 439 g/mol. The Bertz CT molecular complexity index is 1110. The van der Waals surface area contributed by atoms with Gasteiger partial charge in [0.25, 0.3) is 5.91 Å². The quantitative estimate of drug-likeness (QED) is 0.547. The Morgan fingerprint density at radius 2 is 1.87 bits per heavy atom. The molecule has 158 valence electrons. The van der Waals surface area contributed by atoms with Crippen LogP contribution < -0.4 is 10.6 Å². The molecule has 2 N–H and O–H groups in total. The predicted molar refractivity (Wildman–Crippen MR) is 113 cm³/mol. The molecule has 1 aliphatic rings. The average molecular weight is 440 g/mol. The maximum Gasteiger partial charge on any atom is 0.338 e. The molecular weight excluding hydrogens is 422 g/mol. The second kappa shape index (κ2) is 8.97. The fraction of sp³-hybridized carbons (Fsp3) is 0.190. The normalized spacial score (nSPS) is 12.8. The smallest absolute Gasteiger partial charge is 0.338 e. The van der Waals surface area contributed by atoms with Gasteiger partial charge in [-0.05, 0) is 55.3 Å². The van der Waals surface area contributed by atoms with Gasteiger partial charge in [0.15, 0.2) is 6.61 Å². The fourth-order valence-electron chi connectivity index (χ4n) is 2.82. The number of ether oxygens (including phenoxy) is 1. The van der Waals surface area contributed by atoms with E-state index in [0.29, 0.717) is 22.1 Å². The number of aromatic nitrogens is 3. The van der Waals surface area contributed by atoms with Crippen molar-refractivity contribution in [2.45, 2.75) is 12.8 Å². The number of esters is 1. The zero-order chi connectivity index (χ0) is 21.8. The van der Waals surface area contributed by atoms with Gasteiger partial charge in [-0.3, -0.25) is 9.59 Å². The number of hydrogen-bond acceptors (Lipinski definition) is 6. The first kappa shape index (κ1) is 20.5. The second-order valence-corrected chi connectivity index (χ2v) is 7.40. The lowest BCUT2D eigenvalue weighted by Gasteiger charge is -2.12. The summed E-state index contributed by atoms with van der Waals surface area (Å²) >= 11 is 6.03. The zero-order valence-electron chi connectivity index (χ0n) is 16.2. The van der Waals surface area contributed by atoms with E-state index in [-0.39, 0.29) is 17.4 Å². The summed E-state index contributed by atoms with van der Waals surface area (Å²) in [6, 6.07) is 11.2. The maximum absolute atomic E-state index is 12.3. The van der Waals surface area contributed by atoms with E-state index in [1.54, 1.807) is 30.3 Å². The molecule has 0 radical (unpaired) electrons. The Kier molecular flexibility index (Phi) is 5.94. The molecule has 4 rings (SSSR count). The highest BCUT2D eigenvalue weighted by atomic mass is 35.5. The van der Waals surface area contributed by atoms with E-state index >= 15 is 0 Å². The number of carbonyl (C=O) groups excluding carboxylic acids is 3. The van der Waals surface area contributed by atoms with Crippen LogP contribution in [0, 0.1) is 5.92 Å². The summed E-state index contributed by atoms with van der Waals surface area (Å²) in [6.45, 7) is -0.484. The Morgan fingerprint density at radius 1 is 1.10 bits per heavy atom. The van der Waals surface area contributed by atoms with Gasteiger partial charge in [0.1, 0.15) is 12.7 Å². The predicted octanol–water partition coefficient (Wildman–Crippen LogP) is 3.06. The number of nitrogens with one attached hydrogen (secondary N) is 2. The van der Waals surface area contributed by atoms with Crippen LogP contribution in [0.3, 0.4) is 0 Å². The molecule has 0 unspecified atom stereocenters. The molecule has 1 heterocycles. The van der Waals surface area contributed by atoms with E-state index in [1.165, 1.54) is 29.5 Å². The Balaban J connectivity index is 1.33.